The number of hydrogen-bond acceptors (Lipinski definition) is 3. The Bertz CT molecular complexity index is 410. The molecule has 1 amide bonds. The van der Waals surface area contributed by atoms with Crippen LogP contribution in [0.25, 0.3) is 0 Å². The largest absolute Gasteiger partial charge is 0.397 e. The van der Waals surface area contributed by atoms with Crippen molar-refractivity contribution in [2.45, 2.75) is 26.3 Å². The molecule has 1 aliphatic rings. The minimum absolute atomic E-state index is 0.00761. The molecular formula is C13H21N3OS. The Balaban J connectivity index is 1.90. The van der Waals surface area contributed by atoms with Crippen LogP contribution < -0.4 is 11.1 Å². The molecule has 0 aromatic carbocycles. The number of aromatic nitrogens is 1. The quantitative estimate of drug-likeness (QED) is 0.876. The number of nitrogens with zero attached hydrogens (tertiary/aromatic N) is 1. The van der Waals surface area contributed by atoms with E-state index in [0.29, 0.717) is 17.3 Å². The first-order chi connectivity index (χ1) is 8.70. The van der Waals surface area contributed by atoms with Crippen LogP contribution in [0.1, 0.15) is 30.3 Å². The minimum atomic E-state index is -0.00761. The van der Waals surface area contributed by atoms with Gasteiger partial charge in [-0.25, -0.2) is 0 Å². The van der Waals surface area contributed by atoms with Crippen molar-refractivity contribution in [3.63, 3.8) is 0 Å². The molecule has 0 spiro atoms. The van der Waals surface area contributed by atoms with Crippen molar-refractivity contribution < 1.29 is 4.79 Å². The van der Waals surface area contributed by atoms with Crippen molar-refractivity contribution in [3.05, 3.63) is 18.0 Å². The zero-order chi connectivity index (χ0) is 13.0. The summed E-state index contributed by atoms with van der Waals surface area (Å²) in [6, 6.07) is 1.75. The summed E-state index contributed by atoms with van der Waals surface area (Å²) in [4.78, 5) is 12.1. The second-order valence-corrected chi connectivity index (χ2v) is 5.94. The summed E-state index contributed by atoms with van der Waals surface area (Å²) in [7, 11) is 0. The topological polar surface area (TPSA) is 60.0 Å². The maximum absolute atomic E-state index is 12.1. The van der Waals surface area contributed by atoms with E-state index in [1.165, 1.54) is 24.3 Å². The number of thioether (sulfide) groups is 1. The lowest BCUT2D eigenvalue weighted by Crippen LogP contribution is -2.32. The van der Waals surface area contributed by atoms with E-state index in [9.17, 15) is 4.79 Å². The number of anilines is 1. The molecule has 4 nitrogen and oxygen atoms in total. The van der Waals surface area contributed by atoms with Crippen LogP contribution in [0.15, 0.2) is 12.3 Å². The van der Waals surface area contributed by atoms with E-state index >= 15 is 0 Å². The first-order valence-electron chi connectivity index (χ1n) is 6.52. The number of nitrogens with one attached hydrogen (secondary N) is 1. The van der Waals surface area contributed by atoms with E-state index in [4.69, 9.17) is 5.73 Å². The second-order valence-electron chi connectivity index (χ2n) is 4.71. The van der Waals surface area contributed by atoms with E-state index in [0.717, 1.165) is 13.1 Å². The predicted molar refractivity (Wildman–Crippen MR) is 76.9 cm³/mol. The molecule has 1 aliphatic heterocycles. The van der Waals surface area contributed by atoms with E-state index in [-0.39, 0.29) is 5.91 Å². The van der Waals surface area contributed by atoms with Crippen LogP contribution >= 0.6 is 11.8 Å². The van der Waals surface area contributed by atoms with Gasteiger partial charge in [0, 0.05) is 19.3 Å². The number of carbonyl (C=O) groups is 1. The molecule has 0 atom stereocenters. The summed E-state index contributed by atoms with van der Waals surface area (Å²) < 4.78 is 1.89. The standard InChI is InChI=1S/C13H21N3OS/c1-2-16-9-11(14)7-12(16)13(17)15-8-10-3-5-18-6-4-10/h7,9-10H,2-6,8,14H2,1H3,(H,15,17). The van der Waals surface area contributed by atoms with Gasteiger partial charge in [0.05, 0.1) is 5.69 Å². The summed E-state index contributed by atoms with van der Waals surface area (Å²) in [6.45, 7) is 3.56. The number of nitrogen functional groups attached to an aromatic ring is 1. The Morgan fingerprint density at radius 1 is 1.56 bits per heavy atom. The maximum atomic E-state index is 12.1. The zero-order valence-electron chi connectivity index (χ0n) is 10.8. The van der Waals surface area contributed by atoms with Crippen LogP contribution in [0.4, 0.5) is 5.69 Å². The van der Waals surface area contributed by atoms with Gasteiger partial charge in [-0.05, 0) is 43.3 Å². The van der Waals surface area contributed by atoms with E-state index in [1.54, 1.807) is 6.07 Å². The van der Waals surface area contributed by atoms with Crippen molar-refractivity contribution in [3.8, 4) is 0 Å². The lowest BCUT2D eigenvalue weighted by atomic mass is 10.0. The summed E-state index contributed by atoms with van der Waals surface area (Å²) in [6.07, 6.45) is 4.23. The molecular weight excluding hydrogens is 246 g/mol. The second kappa shape index (κ2) is 6.18. The highest BCUT2D eigenvalue weighted by atomic mass is 32.2. The number of carbonyl (C=O) groups excluding carboxylic acids is 1. The molecule has 1 aromatic rings. The molecule has 1 aromatic heterocycles. The van der Waals surface area contributed by atoms with Gasteiger partial charge in [-0.2, -0.15) is 11.8 Å². The molecule has 100 valence electrons. The molecule has 0 bridgehead atoms. The highest BCUT2D eigenvalue weighted by Gasteiger charge is 2.16. The van der Waals surface area contributed by atoms with Crippen molar-refractivity contribution in [2.75, 3.05) is 23.8 Å². The minimum Gasteiger partial charge on any atom is -0.397 e. The van der Waals surface area contributed by atoms with Crippen LogP contribution in [-0.2, 0) is 6.54 Å². The van der Waals surface area contributed by atoms with E-state index in [1.807, 2.05) is 29.4 Å². The molecule has 1 saturated heterocycles. The summed E-state index contributed by atoms with van der Waals surface area (Å²) in [5.41, 5.74) is 7.04. The monoisotopic (exact) mass is 267 g/mol. The average molecular weight is 267 g/mol. The molecule has 1 fully saturated rings. The highest BCUT2D eigenvalue weighted by Crippen LogP contribution is 2.22. The number of rotatable bonds is 4. The smallest absolute Gasteiger partial charge is 0.267 e. The third kappa shape index (κ3) is 3.22. The van der Waals surface area contributed by atoms with Gasteiger partial charge in [-0.3, -0.25) is 4.79 Å². The lowest BCUT2D eigenvalue weighted by Gasteiger charge is -2.21. The van der Waals surface area contributed by atoms with E-state index in [2.05, 4.69) is 5.32 Å². The predicted octanol–water partition coefficient (Wildman–Crippen LogP) is 1.96. The summed E-state index contributed by atoms with van der Waals surface area (Å²) >= 11 is 2.01. The Labute approximate surface area is 112 Å². The fourth-order valence-electron chi connectivity index (χ4n) is 2.26. The van der Waals surface area contributed by atoms with Crippen LogP contribution in [0, 0.1) is 5.92 Å². The summed E-state index contributed by atoms with van der Waals surface area (Å²) in [5.74, 6) is 3.07. The van der Waals surface area contributed by atoms with Gasteiger partial charge < -0.3 is 15.6 Å². The van der Waals surface area contributed by atoms with Crippen LogP contribution in [0.5, 0.6) is 0 Å². The Hall–Kier alpha value is -1.10. The molecule has 0 radical (unpaired) electrons. The van der Waals surface area contributed by atoms with Crippen molar-refractivity contribution in [1.82, 2.24) is 9.88 Å². The third-order valence-electron chi connectivity index (χ3n) is 3.38. The fourth-order valence-corrected chi connectivity index (χ4v) is 3.47. The molecule has 3 N–H and O–H groups in total. The van der Waals surface area contributed by atoms with Crippen molar-refractivity contribution in [2.24, 2.45) is 5.92 Å². The Morgan fingerprint density at radius 2 is 2.28 bits per heavy atom. The Kier molecular flexibility index (Phi) is 4.58. The first kappa shape index (κ1) is 13.3. The molecule has 0 saturated carbocycles. The molecule has 5 heteroatoms. The molecule has 18 heavy (non-hydrogen) atoms. The van der Waals surface area contributed by atoms with Crippen LogP contribution in [0.2, 0.25) is 0 Å². The van der Waals surface area contributed by atoms with Gasteiger partial charge in [-0.1, -0.05) is 0 Å². The summed E-state index contributed by atoms with van der Waals surface area (Å²) in [5, 5.41) is 3.03. The lowest BCUT2D eigenvalue weighted by molar-refractivity contribution is 0.0937. The average Bonchev–Trinajstić information content (AvgIpc) is 2.78. The van der Waals surface area contributed by atoms with Crippen LogP contribution in [0.3, 0.4) is 0 Å². The molecule has 0 unspecified atom stereocenters. The number of aryl methyl sites for hydroxylation is 1. The highest BCUT2D eigenvalue weighted by molar-refractivity contribution is 7.99. The van der Waals surface area contributed by atoms with Gasteiger partial charge >= 0.3 is 0 Å². The SMILES string of the molecule is CCn1cc(N)cc1C(=O)NCC1CCSCC1. The Morgan fingerprint density at radius 3 is 2.94 bits per heavy atom. The van der Waals surface area contributed by atoms with Gasteiger partial charge in [0.25, 0.3) is 5.91 Å². The zero-order valence-corrected chi connectivity index (χ0v) is 11.6. The number of hydrogen-bond donors (Lipinski definition) is 2. The third-order valence-corrected chi connectivity index (χ3v) is 4.43. The fraction of sp³-hybridized carbons (Fsp3) is 0.615. The van der Waals surface area contributed by atoms with Crippen LogP contribution in [-0.4, -0.2) is 28.5 Å². The number of nitrogens with two attached hydrogens (primary N) is 1. The first-order valence-corrected chi connectivity index (χ1v) is 7.67. The van der Waals surface area contributed by atoms with Gasteiger partial charge in [-0.15, -0.1) is 0 Å². The molecule has 0 aliphatic carbocycles. The van der Waals surface area contributed by atoms with Gasteiger partial charge in [0.1, 0.15) is 5.69 Å². The molecule has 2 heterocycles. The van der Waals surface area contributed by atoms with Gasteiger partial charge in [0.15, 0.2) is 0 Å². The van der Waals surface area contributed by atoms with Crippen molar-refractivity contribution >= 4 is 23.4 Å². The van der Waals surface area contributed by atoms with Crippen molar-refractivity contribution in [1.29, 1.82) is 0 Å². The normalized spacial score (nSPS) is 16.7. The number of amides is 1. The maximum Gasteiger partial charge on any atom is 0.267 e. The molecule has 2 rings (SSSR count). The van der Waals surface area contributed by atoms with E-state index < -0.39 is 0 Å². The van der Waals surface area contributed by atoms with Gasteiger partial charge in [0.2, 0.25) is 0 Å².